The van der Waals surface area contributed by atoms with Gasteiger partial charge in [0, 0.05) is 22.8 Å². The molecule has 0 aliphatic rings. The maximum Gasteiger partial charge on any atom is 0.144 e. The highest BCUT2D eigenvalue weighted by molar-refractivity contribution is 9.10. The molecule has 0 bridgehead atoms. The summed E-state index contributed by atoms with van der Waals surface area (Å²) in [5.41, 5.74) is 3.05. The van der Waals surface area contributed by atoms with Crippen molar-refractivity contribution in [1.29, 1.82) is 0 Å². The van der Waals surface area contributed by atoms with Gasteiger partial charge in [-0.25, -0.2) is 4.98 Å². The number of aromatic nitrogens is 3. The first-order valence-corrected chi connectivity index (χ1v) is 7.53. The number of nitrogens with zero attached hydrogens (tertiary/aromatic N) is 2. The minimum atomic E-state index is 0.585. The first-order valence-electron chi connectivity index (χ1n) is 6.33. The fourth-order valence-electron chi connectivity index (χ4n) is 2.11. The van der Waals surface area contributed by atoms with E-state index in [4.69, 9.17) is 12.2 Å². The minimum Gasteiger partial charge on any atom is -0.342 e. The first kappa shape index (κ1) is 13.4. The summed E-state index contributed by atoms with van der Waals surface area (Å²) in [6.07, 6.45) is 2.66. The number of hydrogen-bond acceptors (Lipinski definition) is 3. The van der Waals surface area contributed by atoms with Crippen molar-refractivity contribution in [3.05, 3.63) is 51.3 Å². The molecule has 0 spiro atoms. The van der Waals surface area contributed by atoms with Crippen LogP contribution in [0.2, 0.25) is 0 Å². The molecule has 0 fully saturated rings. The van der Waals surface area contributed by atoms with Crippen molar-refractivity contribution in [2.45, 2.75) is 13.3 Å². The first-order chi connectivity index (χ1) is 9.69. The van der Waals surface area contributed by atoms with E-state index in [1.807, 2.05) is 24.3 Å². The van der Waals surface area contributed by atoms with Crippen molar-refractivity contribution in [2.24, 2.45) is 0 Å². The Kier molecular flexibility index (Phi) is 3.63. The Labute approximate surface area is 130 Å². The lowest BCUT2D eigenvalue weighted by atomic mass is 10.1. The van der Waals surface area contributed by atoms with E-state index in [2.05, 4.69) is 43.9 Å². The maximum atomic E-state index is 5.30. The highest BCUT2D eigenvalue weighted by Crippen LogP contribution is 2.24. The van der Waals surface area contributed by atoms with Crippen molar-refractivity contribution in [1.82, 2.24) is 15.0 Å². The van der Waals surface area contributed by atoms with Gasteiger partial charge in [0.25, 0.3) is 0 Å². The number of hydrogen-bond donors (Lipinski definition) is 1. The molecule has 100 valence electrons. The van der Waals surface area contributed by atoms with Gasteiger partial charge in [0.15, 0.2) is 0 Å². The second-order valence-corrected chi connectivity index (χ2v) is 5.63. The summed E-state index contributed by atoms with van der Waals surface area (Å²) in [6.45, 7) is 2.08. The third-order valence-electron chi connectivity index (χ3n) is 3.17. The van der Waals surface area contributed by atoms with Crippen LogP contribution in [-0.2, 0) is 6.42 Å². The van der Waals surface area contributed by atoms with Gasteiger partial charge >= 0.3 is 0 Å². The molecule has 0 amide bonds. The standard InChI is InChI=1S/C15H12BrN3S/c1-2-11-13(16)15(20)19-14(18-11)10-5-6-12-9(8-10)4-3-7-17-12/h3-8H,2H2,1H3,(H,18,19,20). The Morgan fingerprint density at radius 3 is 2.95 bits per heavy atom. The van der Waals surface area contributed by atoms with Crippen LogP contribution in [0.4, 0.5) is 0 Å². The zero-order valence-corrected chi connectivity index (χ0v) is 13.3. The number of pyridine rings is 1. The molecule has 0 atom stereocenters. The van der Waals surface area contributed by atoms with Crippen molar-refractivity contribution >= 4 is 39.1 Å². The predicted molar refractivity (Wildman–Crippen MR) is 87.2 cm³/mol. The molecule has 0 saturated carbocycles. The van der Waals surface area contributed by atoms with Crippen LogP contribution in [0.25, 0.3) is 22.3 Å². The average Bonchev–Trinajstić information content (AvgIpc) is 2.49. The van der Waals surface area contributed by atoms with Crippen LogP contribution < -0.4 is 0 Å². The van der Waals surface area contributed by atoms with Gasteiger partial charge in [0.2, 0.25) is 0 Å². The Balaban J connectivity index is 2.20. The molecule has 3 rings (SSSR count). The minimum absolute atomic E-state index is 0.585. The maximum absolute atomic E-state index is 5.30. The van der Waals surface area contributed by atoms with Crippen molar-refractivity contribution < 1.29 is 0 Å². The van der Waals surface area contributed by atoms with Crippen LogP contribution in [0.5, 0.6) is 0 Å². The topological polar surface area (TPSA) is 41.6 Å². The van der Waals surface area contributed by atoms with Gasteiger partial charge in [-0.2, -0.15) is 0 Å². The zero-order valence-electron chi connectivity index (χ0n) is 10.9. The third-order valence-corrected chi connectivity index (χ3v) is 4.58. The van der Waals surface area contributed by atoms with E-state index in [-0.39, 0.29) is 0 Å². The number of halogens is 1. The Bertz CT molecular complexity index is 842. The largest absolute Gasteiger partial charge is 0.342 e. The second-order valence-electron chi connectivity index (χ2n) is 4.45. The van der Waals surface area contributed by atoms with Crippen molar-refractivity contribution in [3.8, 4) is 11.4 Å². The van der Waals surface area contributed by atoms with E-state index >= 15 is 0 Å². The van der Waals surface area contributed by atoms with E-state index < -0.39 is 0 Å². The van der Waals surface area contributed by atoms with E-state index in [1.165, 1.54) is 0 Å². The quantitative estimate of drug-likeness (QED) is 0.685. The molecule has 3 nitrogen and oxygen atoms in total. The van der Waals surface area contributed by atoms with Gasteiger partial charge in [-0.15, -0.1) is 0 Å². The molecule has 1 aromatic carbocycles. The highest BCUT2D eigenvalue weighted by Gasteiger charge is 2.07. The van der Waals surface area contributed by atoms with E-state index in [0.29, 0.717) is 4.64 Å². The van der Waals surface area contributed by atoms with Crippen LogP contribution in [-0.4, -0.2) is 15.0 Å². The van der Waals surface area contributed by atoms with Crippen LogP contribution in [0.3, 0.4) is 0 Å². The lowest BCUT2D eigenvalue weighted by Crippen LogP contribution is -1.97. The van der Waals surface area contributed by atoms with Crippen molar-refractivity contribution in [3.63, 3.8) is 0 Å². The number of fused-ring (bicyclic) bond motifs is 1. The summed E-state index contributed by atoms with van der Waals surface area (Å²) in [5.74, 6) is 0.792. The molecule has 2 aromatic heterocycles. The van der Waals surface area contributed by atoms with Crippen molar-refractivity contribution in [2.75, 3.05) is 0 Å². The number of aryl methyl sites for hydroxylation is 1. The molecule has 5 heteroatoms. The highest BCUT2D eigenvalue weighted by atomic mass is 79.9. The fraction of sp³-hybridized carbons (Fsp3) is 0.133. The second kappa shape index (κ2) is 5.42. The number of H-pyrrole nitrogens is 1. The molecule has 20 heavy (non-hydrogen) atoms. The van der Waals surface area contributed by atoms with E-state index in [0.717, 1.165) is 38.9 Å². The van der Waals surface area contributed by atoms with Crippen LogP contribution in [0.1, 0.15) is 12.6 Å². The van der Waals surface area contributed by atoms with Crippen LogP contribution in [0.15, 0.2) is 41.0 Å². The predicted octanol–water partition coefficient (Wildman–Crippen LogP) is 4.68. The monoisotopic (exact) mass is 345 g/mol. The summed E-state index contributed by atoms with van der Waals surface area (Å²) in [4.78, 5) is 12.1. The molecule has 0 aliphatic heterocycles. The average molecular weight is 346 g/mol. The zero-order chi connectivity index (χ0) is 14.1. The summed E-state index contributed by atoms with van der Waals surface area (Å²) < 4.78 is 1.46. The van der Waals surface area contributed by atoms with Crippen LogP contribution >= 0.6 is 28.1 Å². The van der Waals surface area contributed by atoms with Crippen LogP contribution in [0, 0.1) is 4.64 Å². The molecule has 0 unspecified atom stereocenters. The number of rotatable bonds is 2. The molecule has 2 heterocycles. The molecule has 0 radical (unpaired) electrons. The number of nitrogens with one attached hydrogen (secondary N) is 1. The van der Waals surface area contributed by atoms with Gasteiger partial charge in [-0.3, -0.25) is 4.98 Å². The Morgan fingerprint density at radius 1 is 1.30 bits per heavy atom. The lowest BCUT2D eigenvalue weighted by molar-refractivity contribution is 0.984. The normalized spacial score (nSPS) is 10.9. The number of benzene rings is 1. The molecule has 3 aromatic rings. The summed E-state index contributed by atoms with van der Waals surface area (Å²) in [6, 6.07) is 10.1. The smallest absolute Gasteiger partial charge is 0.144 e. The van der Waals surface area contributed by atoms with E-state index in [9.17, 15) is 0 Å². The van der Waals surface area contributed by atoms with Gasteiger partial charge in [0.1, 0.15) is 10.5 Å². The molecule has 0 aliphatic carbocycles. The lowest BCUT2D eigenvalue weighted by Gasteiger charge is -2.07. The fourth-order valence-corrected chi connectivity index (χ4v) is 2.79. The number of aromatic amines is 1. The van der Waals surface area contributed by atoms with Gasteiger partial charge in [0.05, 0.1) is 9.99 Å². The van der Waals surface area contributed by atoms with Gasteiger partial charge in [-0.05, 0) is 46.6 Å². The van der Waals surface area contributed by atoms with Gasteiger partial charge in [-0.1, -0.05) is 25.2 Å². The molecule has 0 saturated heterocycles. The molecule has 1 N–H and O–H groups in total. The Hall–Kier alpha value is -1.59. The Morgan fingerprint density at radius 2 is 2.15 bits per heavy atom. The molecular weight excluding hydrogens is 334 g/mol. The molecular formula is C15H12BrN3S. The van der Waals surface area contributed by atoms with Gasteiger partial charge < -0.3 is 4.98 Å². The summed E-state index contributed by atoms with van der Waals surface area (Å²) in [5, 5.41) is 1.09. The third kappa shape index (κ3) is 2.39. The SMILES string of the molecule is CCc1[nH]c(-c2ccc3ncccc3c2)nc(=S)c1Br. The summed E-state index contributed by atoms with van der Waals surface area (Å²) >= 11 is 8.78. The summed E-state index contributed by atoms with van der Waals surface area (Å²) in [7, 11) is 0. The van der Waals surface area contributed by atoms with E-state index in [1.54, 1.807) is 6.20 Å².